The highest BCUT2D eigenvalue weighted by atomic mass is 28.3. The van der Waals surface area contributed by atoms with Gasteiger partial charge in [-0.2, -0.15) is 0 Å². The van der Waals surface area contributed by atoms with Crippen molar-refractivity contribution in [1.82, 2.24) is 0 Å². The second kappa shape index (κ2) is 35.7. The minimum Gasteiger partial charge on any atom is -0.200 e. The summed E-state index contributed by atoms with van der Waals surface area (Å²) >= 11 is 0. The molecular weight excluding hydrogens is 1360 g/mol. The average molecular weight is 1510 g/mol. The standard InChI is InChI=1S/C38H56NSi.C33H48NSi.C32H46NSi/c1-26(2)40(27(3)4,28(5)6)34-19-20-35-32(23-34)21-22-39(8)38(35)37-25-33(30-15-11-9-12-16-30)24-36(29(37)7)31-17-13-10-14-18-31;1-22(2)35(23(3)4,24(5)6)30-15-16-31-28(20-30)17-18-34(9)33(31)32-21-29(19-25(7)26(32)8)27-13-11-10-12-14-27;1-22(2)34(23(3)4,24(5)6)29-16-17-30-28(20-29)18-19-33(8)32(30)31-21-27(15-14-25(31)7)26-12-10-9-11-13-26/h19-28,30-31H,9-18H2,1-8H3;15-24,27H,10-14H2,1-9H3;14-24,26H,9-13H2,1-8H3/q3*+1. The smallest absolute Gasteiger partial charge is 0.200 e. The predicted molar refractivity (Wildman–Crippen MR) is 486 cm³/mol. The lowest BCUT2D eigenvalue weighted by atomic mass is 9.76. The molecule has 4 aliphatic rings. The first-order valence-electron chi connectivity index (χ1n) is 44.6. The summed E-state index contributed by atoms with van der Waals surface area (Å²) in [5.74, 6) is 2.92. The number of aromatic nitrogens is 3. The van der Waals surface area contributed by atoms with E-state index < -0.39 is 24.2 Å². The van der Waals surface area contributed by atoms with Gasteiger partial charge in [0.25, 0.3) is 0 Å². The Bertz CT molecular complexity index is 4530. The van der Waals surface area contributed by atoms with E-state index in [0.29, 0.717) is 0 Å². The molecule has 0 bridgehead atoms. The molecule has 3 nitrogen and oxygen atoms in total. The van der Waals surface area contributed by atoms with Gasteiger partial charge in [-0.15, -0.1) is 0 Å². The summed E-state index contributed by atoms with van der Waals surface area (Å²) in [6, 6.07) is 47.3. The van der Waals surface area contributed by atoms with Crippen LogP contribution in [-0.2, 0) is 21.1 Å². The van der Waals surface area contributed by atoms with E-state index in [-0.39, 0.29) is 0 Å². The molecule has 4 aliphatic carbocycles. The van der Waals surface area contributed by atoms with Crippen molar-refractivity contribution in [2.45, 2.75) is 354 Å². The molecule has 0 atom stereocenters. The topological polar surface area (TPSA) is 11.6 Å². The van der Waals surface area contributed by atoms with Gasteiger partial charge >= 0.3 is 0 Å². The Morgan fingerprint density at radius 2 is 0.550 bits per heavy atom. The zero-order valence-electron chi connectivity index (χ0n) is 73.7. The normalized spacial score (nSPS) is 16.5. The Balaban J connectivity index is 0.000000163. The van der Waals surface area contributed by atoms with Gasteiger partial charge in [0.15, 0.2) is 18.6 Å². The first kappa shape index (κ1) is 84.1. The number of hydrogen-bond acceptors (Lipinski definition) is 0. The second-order valence-electron chi connectivity index (χ2n) is 38.6. The molecule has 6 heteroatoms. The van der Waals surface area contributed by atoms with Gasteiger partial charge in [-0.05, 0) is 250 Å². The minimum atomic E-state index is -1.71. The molecule has 3 heterocycles. The van der Waals surface area contributed by atoms with Gasteiger partial charge in [0.2, 0.25) is 17.1 Å². The van der Waals surface area contributed by atoms with Crippen LogP contribution < -0.4 is 29.3 Å². The summed E-state index contributed by atoms with van der Waals surface area (Å²) in [5.41, 5.74) is 27.1. The van der Waals surface area contributed by atoms with E-state index in [9.17, 15) is 0 Å². The fourth-order valence-electron chi connectivity index (χ4n) is 24.8. The molecule has 586 valence electrons. The van der Waals surface area contributed by atoms with Crippen LogP contribution in [0.15, 0.2) is 134 Å². The van der Waals surface area contributed by atoms with Gasteiger partial charge in [0.1, 0.15) is 21.1 Å². The Labute approximate surface area is 668 Å². The maximum Gasteiger partial charge on any atom is 0.220 e. The Morgan fingerprint density at radius 3 is 0.881 bits per heavy atom. The van der Waals surface area contributed by atoms with Crippen LogP contribution in [0.3, 0.4) is 0 Å². The quantitative estimate of drug-likeness (QED) is 0.0565. The highest BCUT2D eigenvalue weighted by Gasteiger charge is 2.47. The van der Waals surface area contributed by atoms with Crippen LogP contribution in [0, 0.1) is 27.7 Å². The van der Waals surface area contributed by atoms with Crippen molar-refractivity contribution >= 4 is 72.1 Å². The number of nitrogens with zero attached hydrogens (tertiary/aromatic N) is 3. The highest BCUT2D eigenvalue weighted by Crippen LogP contribution is 2.48. The van der Waals surface area contributed by atoms with Crippen LogP contribution in [-0.4, -0.2) is 24.2 Å². The molecule has 0 saturated heterocycles. The molecule has 13 rings (SSSR count). The maximum atomic E-state index is 2.67. The molecule has 109 heavy (non-hydrogen) atoms. The maximum absolute atomic E-state index is 2.67. The number of hydrogen-bond donors (Lipinski definition) is 0. The van der Waals surface area contributed by atoms with E-state index in [4.69, 9.17) is 0 Å². The van der Waals surface area contributed by atoms with Crippen LogP contribution in [0.1, 0.15) is 321 Å². The fraction of sp³-hybridized carbons (Fsp3) is 0.563. The molecule has 0 amide bonds. The molecular formula is C103H150N3Si3+3. The van der Waals surface area contributed by atoms with Gasteiger partial charge in [0, 0.05) is 23.8 Å². The SMILES string of the molecule is Cc1c(-c2c3ccc([Si](C(C)C)(C(C)C)C(C)C)cc3cc[n+]2C)cc(C2CCCCC2)cc1C1CCCCC1.Cc1cc(C2CCCCC2)cc(-c2c3ccc([Si](C(C)C)(C(C)C)C(C)C)cc3cc[n+]2C)c1C.Cc1ccc(C2CCCCC2)cc1-c1c2ccc([Si](C(C)C)(C(C)C)C(C)C)cc2cc[n+]1C. The van der Waals surface area contributed by atoms with E-state index in [1.54, 1.807) is 37.8 Å². The first-order valence-corrected chi connectivity index (χ1v) is 51.3. The van der Waals surface area contributed by atoms with E-state index in [2.05, 4.69) is 321 Å². The summed E-state index contributed by atoms with van der Waals surface area (Å²) in [5, 5.41) is 13.3. The van der Waals surface area contributed by atoms with Crippen molar-refractivity contribution in [1.29, 1.82) is 0 Å². The van der Waals surface area contributed by atoms with E-state index in [1.165, 1.54) is 217 Å². The number of benzene rings is 6. The van der Waals surface area contributed by atoms with Gasteiger partial charge in [-0.25, -0.2) is 13.7 Å². The summed E-state index contributed by atoms with van der Waals surface area (Å²) < 4.78 is 7.11. The molecule has 0 spiro atoms. The molecule has 9 aromatic rings. The lowest BCUT2D eigenvalue weighted by Crippen LogP contribution is -2.55. The van der Waals surface area contributed by atoms with E-state index in [1.807, 2.05) is 0 Å². The zero-order chi connectivity index (χ0) is 78.7. The Morgan fingerprint density at radius 1 is 0.266 bits per heavy atom. The summed E-state index contributed by atoms with van der Waals surface area (Å²) in [4.78, 5) is 0. The third-order valence-electron chi connectivity index (χ3n) is 30.0. The summed E-state index contributed by atoms with van der Waals surface area (Å²) in [6.45, 7) is 53.9. The van der Waals surface area contributed by atoms with Crippen LogP contribution in [0.25, 0.3) is 66.1 Å². The minimum absolute atomic E-state index is 0.719. The highest BCUT2D eigenvalue weighted by molar-refractivity contribution is 6.96. The van der Waals surface area contributed by atoms with E-state index >= 15 is 0 Å². The Kier molecular flexibility index (Phi) is 27.6. The zero-order valence-corrected chi connectivity index (χ0v) is 76.7. The van der Waals surface area contributed by atoms with Crippen LogP contribution in [0.5, 0.6) is 0 Å². The third-order valence-corrected chi connectivity index (χ3v) is 51.1. The first-order chi connectivity index (χ1) is 51.9. The predicted octanol–water partition coefficient (Wildman–Crippen LogP) is 28.1. The molecule has 0 unspecified atom stereocenters. The largest absolute Gasteiger partial charge is 0.220 e. The van der Waals surface area contributed by atoms with Crippen molar-refractivity contribution in [3.8, 4) is 33.8 Å². The molecule has 0 aliphatic heterocycles. The summed E-state index contributed by atoms with van der Waals surface area (Å²) in [6.07, 6.45) is 34.5. The van der Waals surface area contributed by atoms with Crippen LogP contribution in [0.4, 0.5) is 0 Å². The molecule has 3 aromatic heterocycles. The monoisotopic (exact) mass is 1510 g/mol. The van der Waals surface area contributed by atoms with Crippen molar-refractivity contribution < 1.29 is 13.7 Å². The third kappa shape index (κ3) is 16.5. The van der Waals surface area contributed by atoms with Gasteiger partial charge in [-0.3, -0.25) is 0 Å². The molecule has 6 aromatic carbocycles. The van der Waals surface area contributed by atoms with Crippen molar-refractivity contribution in [2.75, 3.05) is 0 Å². The van der Waals surface area contributed by atoms with Crippen molar-refractivity contribution in [2.24, 2.45) is 21.1 Å². The molecule has 0 radical (unpaired) electrons. The average Bonchev–Trinajstić information content (AvgIpc) is 0.753. The molecule has 4 fully saturated rings. The van der Waals surface area contributed by atoms with Crippen molar-refractivity contribution in [3.63, 3.8) is 0 Å². The fourth-order valence-corrected chi connectivity index (χ4v) is 45.2. The number of rotatable bonds is 19. The van der Waals surface area contributed by atoms with Crippen LogP contribution >= 0.6 is 0 Å². The van der Waals surface area contributed by atoms with Gasteiger partial charge in [0.05, 0.1) is 51.5 Å². The number of aryl methyl sites for hydroxylation is 5. The number of fused-ring (bicyclic) bond motifs is 3. The lowest BCUT2D eigenvalue weighted by molar-refractivity contribution is -0.659. The second-order valence-corrected chi connectivity index (χ2v) is 56.4. The Hall–Kier alpha value is -5.80. The molecule has 4 saturated carbocycles. The van der Waals surface area contributed by atoms with Crippen LogP contribution in [0.2, 0.25) is 49.9 Å². The summed E-state index contributed by atoms with van der Waals surface area (Å²) in [7, 11) is 1.62. The number of pyridine rings is 3. The van der Waals surface area contributed by atoms with Gasteiger partial charge < -0.3 is 0 Å². The molecule has 0 N–H and O–H groups in total. The van der Waals surface area contributed by atoms with E-state index in [0.717, 1.165) is 73.5 Å². The van der Waals surface area contributed by atoms with Crippen molar-refractivity contribution in [3.05, 3.63) is 178 Å². The lowest BCUT2D eigenvalue weighted by Gasteiger charge is -2.43. The van der Waals surface area contributed by atoms with Gasteiger partial charge in [-0.1, -0.05) is 278 Å².